The lowest BCUT2D eigenvalue weighted by atomic mass is 9.94. The van der Waals surface area contributed by atoms with Crippen molar-refractivity contribution < 1.29 is 4.79 Å². The van der Waals surface area contributed by atoms with Crippen LogP contribution in [0.15, 0.2) is 54.1 Å². The fraction of sp³-hybridized carbons (Fsp3) is 0.267. The van der Waals surface area contributed by atoms with Crippen LogP contribution in [0.1, 0.15) is 31.7 Å². The van der Waals surface area contributed by atoms with E-state index in [2.05, 4.69) is 32.1 Å². The van der Waals surface area contributed by atoms with Crippen LogP contribution in [0.4, 0.5) is 0 Å². The van der Waals surface area contributed by atoms with Crippen molar-refractivity contribution in [1.82, 2.24) is 0 Å². The van der Waals surface area contributed by atoms with Gasteiger partial charge in [-0.1, -0.05) is 48.1 Å². The molecule has 0 saturated carbocycles. The summed E-state index contributed by atoms with van der Waals surface area (Å²) < 4.78 is 0. The predicted molar refractivity (Wildman–Crippen MR) is 68.4 cm³/mol. The van der Waals surface area contributed by atoms with Gasteiger partial charge < -0.3 is 0 Å². The molecule has 0 fully saturated rings. The molecule has 1 heteroatoms. The van der Waals surface area contributed by atoms with Gasteiger partial charge >= 0.3 is 0 Å². The van der Waals surface area contributed by atoms with Crippen molar-refractivity contribution in [2.45, 2.75) is 26.2 Å². The maximum atomic E-state index is 10.4. The topological polar surface area (TPSA) is 17.1 Å². The summed E-state index contributed by atoms with van der Waals surface area (Å²) in [5.74, 6) is 0.293. The van der Waals surface area contributed by atoms with Gasteiger partial charge in [0.2, 0.25) is 0 Å². The van der Waals surface area contributed by atoms with Crippen molar-refractivity contribution >= 4 is 6.29 Å². The predicted octanol–water partition coefficient (Wildman–Crippen LogP) is 3.88. The van der Waals surface area contributed by atoms with Gasteiger partial charge in [-0.3, -0.25) is 4.79 Å². The normalized spacial score (nSPS) is 12.4. The molecule has 1 aromatic carbocycles. The summed E-state index contributed by atoms with van der Waals surface area (Å²) in [6.45, 7) is 4.18. The SMILES string of the molecule is CC(C)=CCC(/C=C/C=O)c1ccccc1. The van der Waals surface area contributed by atoms with E-state index < -0.39 is 0 Å². The van der Waals surface area contributed by atoms with Gasteiger partial charge in [-0.2, -0.15) is 0 Å². The fourth-order valence-corrected chi connectivity index (χ4v) is 1.57. The molecule has 0 bridgehead atoms. The van der Waals surface area contributed by atoms with Crippen LogP contribution in [-0.2, 0) is 4.79 Å². The summed E-state index contributed by atoms with van der Waals surface area (Å²) >= 11 is 0. The van der Waals surface area contributed by atoms with Crippen LogP contribution < -0.4 is 0 Å². The zero-order valence-corrected chi connectivity index (χ0v) is 9.89. The molecule has 1 atom stereocenters. The Labute approximate surface area is 97.5 Å². The monoisotopic (exact) mass is 214 g/mol. The third kappa shape index (κ3) is 4.26. The molecule has 0 saturated heterocycles. The lowest BCUT2D eigenvalue weighted by Gasteiger charge is -2.10. The number of carbonyl (C=O) groups is 1. The molecule has 0 spiro atoms. The Morgan fingerprint density at radius 1 is 1.25 bits per heavy atom. The van der Waals surface area contributed by atoms with Crippen molar-refractivity contribution in [2.24, 2.45) is 0 Å². The second-order valence-corrected chi connectivity index (χ2v) is 4.06. The number of carbonyl (C=O) groups excluding carboxylic acids is 1. The minimum absolute atomic E-state index is 0.293. The number of aldehydes is 1. The largest absolute Gasteiger partial charge is 0.299 e. The minimum atomic E-state index is 0.293. The summed E-state index contributed by atoms with van der Waals surface area (Å²) in [7, 11) is 0. The first-order chi connectivity index (χ1) is 7.74. The van der Waals surface area contributed by atoms with Crippen LogP contribution in [0.2, 0.25) is 0 Å². The van der Waals surface area contributed by atoms with Crippen LogP contribution in [0.5, 0.6) is 0 Å². The van der Waals surface area contributed by atoms with Gasteiger partial charge in [-0.05, 0) is 31.9 Å². The highest BCUT2D eigenvalue weighted by atomic mass is 16.1. The molecule has 0 amide bonds. The van der Waals surface area contributed by atoms with Crippen molar-refractivity contribution in [1.29, 1.82) is 0 Å². The molecule has 0 radical (unpaired) electrons. The molecule has 1 rings (SSSR count). The van der Waals surface area contributed by atoms with Crippen LogP contribution >= 0.6 is 0 Å². The molecular weight excluding hydrogens is 196 g/mol. The molecule has 1 nitrogen and oxygen atoms in total. The second kappa shape index (κ2) is 6.78. The molecule has 1 unspecified atom stereocenters. The van der Waals surface area contributed by atoms with Gasteiger partial charge in [0.25, 0.3) is 0 Å². The zero-order chi connectivity index (χ0) is 11.8. The first-order valence-electron chi connectivity index (χ1n) is 5.54. The highest BCUT2D eigenvalue weighted by molar-refractivity contribution is 5.65. The molecule has 1 aromatic rings. The summed E-state index contributed by atoms with van der Waals surface area (Å²) in [5.41, 5.74) is 2.55. The number of hydrogen-bond acceptors (Lipinski definition) is 1. The van der Waals surface area contributed by atoms with Gasteiger partial charge in [-0.25, -0.2) is 0 Å². The first kappa shape index (κ1) is 12.4. The van der Waals surface area contributed by atoms with Crippen molar-refractivity contribution in [3.05, 3.63) is 59.7 Å². The Bertz CT molecular complexity index is 370. The number of benzene rings is 1. The minimum Gasteiger partial charge on any atom is -0.299 e. The Morgan fingerprint density at radius 2 is 1.94 bits per heavy atom. The third-order valence-electron chi connectivity index (χ3n) is 2.43. The number of allylic oxidation sites excluding steroid dienone is 4. The van der Waals surface area contributed by atoms with E-state index in [1.165, 1.54) is 11.1 Å². The summed E-state index contributed by atoms with van der Waals surface area (Å²) in [6, 6.07) is 10.3. The maximum Gasteiger partial charge on any atom is 0.142 e. The van der Waals surface area contributed by atoms with E-state index in [-0.39, 0.29) is 0 Å². The molecular formula is C15H18O. The molecule has 0 aliphatic heterocycles. The van der Waals surface area contributed by atoms with E-state index in [0.717, 1.165) is 12.7 Å². The van der Waals surface area contributed by atoms with E-state index in [4.69, 9.17) is 0 Å². The highest BCUT2D eigenvalue weighted by Gasteiger charge is 2.05. The first-order valence-corrected chi connectivity index (χ1v) is 5.54. The molecule has 0 aliphatic carbocycles. The van der Waals surface area contributed by atoms with Crippen molar-refractivity contribution in [2.75, 3.05) is 0 Å². The highest BCUT2D eigenvalue weighted by Crippen LogP contribution is 2.22. The van der Waals surface area contributed by atoms with E-state index >= 15 is 0 Å². The van der Waals surface area contributed by atoms with Crippen molar-refractivity contribution in [3.8, 4) is 0 Å². The van der Waals surface area contributed by atoms with Gasteiger partial charge in [0.1, 0.15) is 6.29 Å². The average Bonchev–Trinajstić information content (AvgIpc) is 2.30. The molecule has 16 heavy (non-hydrogen) atoms. The Kier molecular flexibility index (Phi) is 5.27. The summed E-state index contributed by atoms with van der Waals surface area (Å²) in [6.07, 6.45) is 7.51. The van der Waals surface area contributed by atoms with E-state index in [9.17, 15) is 4.79 Å². The van der Waals surface area contributed by atoms with E-state index in [1.54, 1.807) is 6.08 Å². The smallest absolute Gasteiger partial charge is 0.142 e. The van der Waals surface area contributed by atoms with Gasteiger partial charge in [-0.15, -0.1) is 0 Å². The number of hydrogen-bond donors (Lipinski definition) is 0. The molecule has 0 aromatic heterocycles. The Morgan fingerprint density at radius 3 is 2.50 bits per heavy atom. The molecule has 0 aliphatic rings. The molecule has 84 valence electrons. The Hall–Kier alpha value is -1.63. The van der Waals surface area contributed by atoms with Crippen molar-refractivity contribution in [3.63, 3.8) is 0 Å². The van der Waals surface area contributed by atoms with Gasteiger partial charge in [0.15, 0.2) is 0 Å². The van der Waals surface area contributed by atoms with Gasteiger partial charge in [0.05, 0.1) is 0 Å². The zero-order valence-electron chi connectivity index (χ0n) is 9.89. The van der Waals surface area contributed by atoms with E-state index in [0.29, 0.717) is 5.92 Å². The summed E-state index contributed by atoms with van der Waals surface area (Å²) in [5, 5.41) is 0. The lowest BCUT2D eigenvalue weighted by molar-refractivity contribution is -0.104. The fourth-order valence-electron chi connectivity index (χ4n) is 1.57. The van der Waals surface area contributed by atoms with Crippen LogP contribution in [0.3, 0.4) is 0 Å². The quantitative estimate of drug-likeness (QED) is 0.413. The number of rotatable bonds is 5. The average molecular weight is 214 g/mol. The van der Waals surface area contributed by atoms with E-state index in [1.807, 2.05) is 24.3 Å². The molecule has 0 N–H and O–H groups in total. The van der Waals surface area contributed by atoms with Crippen LogP contribution in [0, 0.1) is 0 Å². The molecule has 0 heterocycles. The van der Waals surface area contributed by atoms with Crippen LogP contribution in [0.25, 0.3) is 0 Å². The van der Waals surface area contributed by atoms with Crippen LogP contribution in [-0.4, -0.2) is 6.29 Å². The Balaban J connectivity index is 2.83. The summed E-state index contributed by atoms with van der Waals surface area (Å²) in [4.78, 5) is 10.4. The third-order valence-corrected chi connectivity index (χ3v) is 2.43. The standard InChI is InChI=1S/C15H18O/c1-13(2)10-11-15(9-6-12-16)14-7-4-3-5-8-14/h3-10,12,15H,11H2,1-2H3/b9-6+. The second-order valence-electron chi connectivity index (χ2n) is 4.06. The lowest BCUT2D eigenvalue weighted by Crippen LogP contribution is -1.93. The maximum absolute atomic E-state index is 10.4. The van der Waals surface area contributed by atoms with Gasteiger partial charge in [0, 0.05) is 5.92 Å².